The molecule has 17 heavy (non-hydrogen) atoms. The van der Waals surface area contributed by atoms with Crippen LogP contribution in [0.25, 0.3) is 0 Å². The Labute approximate surface area is 101 Å². The van der Waals surface area contributed by atoms with Gasteiger partial charge in [-0.1, -0.05) is 24.3 Å². The van der Waals surface area contributed by atoms with E-state index in [9.17, 15) is 0 Å². The molecule has 0 amide bonds. The molecular weight excluding hydrogens is 210 g/mol. The van der Waals surface area contributed by atoms with Crippen LogP contribution in [0, 0.1) is 6.92 Å². The van der Waals surface area contributed by atoms with Crippen LogP contribution in [0.3, 0.4) is 0 Å². The van der Waals surface area contributed by atoms with E-state index in [1.807, 2.05) is 6.92 Å². The maximum absolute atomic E-state index is 5.94. The standard InChI is InChI=1S/C14H17N3/c1-10-9-17(14(15)16-10)13-7-6-11-4-2-3-5-12(11)8-13/h2-5,9,13H,6-8H2,1H3,(H2,15,16). The minimum absolute atomic E-state index is 0.464. The molecule has 3 rings (SSSR count). The number of imidazole rings is 1. The second-order valence-electron chi connectivity index (χ2n) is 4.81. The molecule has 0 aliphatic heterocycles. The highest BCUT2D eigenvalue weighted by Crippen LogP contribution is 2.30. The van der Waals surface area contributed by atoms with Crippen LogP contribution >= 0.6 is 0 Å². The molecule has 1 aliphatic carbocycles. The first kappa shape index (κ1) is 10.4. The van der Waals surface area contributed by atoms with Gasteiger partial charge in [0.25, 0.3) is 0 Å². The number of nitrogens with zero attached hydrogens (tertiary/aromatic N) is 2. The third-order valence-corrected chi connectivity index (χ3v) is 3.60. The molecular formula is C14H17N3. The van der Waals surface area contributed by atoms with Crippen molar-refractivity contribution in [3.63, 3.8) is 0 Å². The van der Waals surface area contributed by atoms with Crippen molar-refractivity contribution in [2.75, 3.05) is 5.73 Å². The van der Waals surface area contributed by atoms with Gasteiger partial charge in [-0.05, 0) is 37.3 Å². The Hall–Kier alpha value is -1.77. The summed E-state index contributed by atoms with van der Waals surface area (Å²) >= 11 is 0. The summed E-state index contributed by atoms with van der Waals surface area (Å²) in [5, 5.41) is 0. The summed E-state index contributed by atoms with van der Waals surface area (Å²) in [6.07, 6.45) is 5.42. The van der Waals surface area contributed by atoms with Crippen LogP contribution in [0.2, 0.25) is 0 Å². The van der Waals surface area contributed by atoms with Crippen LogP contribution in [-0.2, 0) is 12.8 Å². The minimum Gasteiger partial charge on any atom is -0.369 e. The summed E-state index contributed by atoms with van der Waals surface area (Å²) in [7, 11) is 0. The minimum atomic E-state index is 0.464. The van der Waals surface area contributed by atoms with E-state index in [2.05, 4.69) is 40.0 Å². The zero-order chi connectivity index (χ0) is 11.8. The van der Waals surface area contributed by atoms with Gasteiger partial charge in [-0.3, -0.25) is 0 Å². The molecule has 1 heterocycles. The number of rotatable bonds is 1. The molecule has 1 aromatic carbocycles. The van der Waals surface area contributed by atoms with Crippen LogP contribution in [-0.4, -0.2) is 9.55 Å². The number of hydrogen-bond donors (Lipinski definition) is 1. The van der Waals surface area contributed by atoms with Gasteiger partial charge in [0.2, 0.25) is 5.95 Å². The molecule has 0 bridgehead atoms. The first-order valence-corrected chi connectivity index (χ1v) is 6.12. The molecule has 0 saturated heterocycles. The van der Waals surface area contributed by atoms with Gasteiger partial charge in [0.1, 0.15) is 0 Å². The van der Waals surface area contributed by atoms with Crippen molar-refractivity contribution in [3.05, 3.63) is 47.3 Å². The predicted molar refractivity (Wildman–Crippen MR) is 68.9 cm³/mol. The Morgan fingerprint density at radius 2 is 2.06 bits per heavy atom. The molecule has 1 aromatic heterocycles. The van der Waals surface area contributed by atoms with E-state index in [4.69, 9.17) is 5.73 Å². The molecule has 2 aromatic rings. The number of aromatic nitrogens is 2. The van der Waals surface area contributed by atoms with E-state index in [-0.39, 0.29) is 0 Å². The predicted octanol–water partition coefficient (Wildman–Crippen LogP) is 2.50. The van der Waals surface area contributed by atoms with Gasteiger partial charge in [0.15, 0.2) is 0 Å². The Bertz CT molecular complexity index is 542. The third kappa shape index (κ3) is 1.82. The molecule has 1 unspecified atom stereocenters. The van der Waals surface area contributed by atoms with E-state index >= 15 is 0 Å². The lowest BCUT2D eigenvalue weighted by Gasteiger charge is -2.26. The number of hydrogen-bond acceptors (Lipinski definition) is 2. The number of aryl methyl sites for hydroxylation is 2. The van der Waals surface area contributed by atoms with E-state index in [0.717, 1.165) is 25.0 Å². The Kier molecular flexibility index (Phi) is 2.39. The molecule has 3 nitrogen and oxygen atoms in total. The second-order valence-corrected chi connectivity index (χ2v) is 4.81. The lowest BCUT2D eigenvalue weighted by Crippen LogP contribution is -2.19. The van der Waals surface area contributed by atoms with Gasteiger partial charge >= 0.3 is 0 Å². The highest BCUT2D eigenvalue weighted by molar-refractivity contribution is 5.31. The zero-order valence-corrected chi connectivity index (χ0v) is 10.1. The maximum Gasteiger partial charge on any atom is 0.200 e. The van der Waals surface area contributed by atoms with Crippen LogP contribution in [0.1, 0.15) is 29.3 Å². The SMILES string of the molecule is Cc1cn(C2CCc3ccccc3C2)c(N)n1. The highest BCUT2D eigenvalue weighted by atomic mass is 15.2. The van der Waals surface area contributed by atoms with E-state index in [1.54, 1.807) is 0 Å². The first-order valence-electron chi connectivity index (χ1n) is 6.12. The zero-order valence-electron chi connectivity index (χ0n) is 10.1. The Morgan fingerprint density at radius 1 is 1.29 bits per heavy atom. The highest BCUT2D eigenvalue weighted by Gasteiger charge is 2.21. The number of fused-ring (bicyclic) bond motifs is 1. The summed E-state index contributed by atoms with van der Waals surface area (Å²) in [6, 6.07) is 9.15. The smallest absolute Gasteiger partial charge is 0.200 e. The van der Waals surface area contributed by atoms with Crippen molar-refractivity contribution >= 4 is 5.95 Å². The van der Waals surface area contributed by atoms with Crippen LogP contribution in [0.4, 0.5) is 5.95 Å². The second kappa shape index (κ2) is 3.91. The maximum atomic E-state index is 5.94. The number of benzene rings is 1. The molecule has 2 N–H and O–H groups in total. The number of anilines is 1. The van der Waals surface area contributed by atoms with E-state index < -0.39 is 0 Å². The molecule has 0 fully saturated rings. The summed E-state index contributed by atoms with van der Waals surface area (Å²) < 4.78 is 2.13. The molecule has 0 radical (unpaired) electrons. The average molecular weight is 227 g/mol. The average Bonchev–Trinajstić information content (AvgIpc) is 2.68. The van der Waals surface area contributed by atoms with Crippen molar-refractivity contribution in [1.82, 2.24) is 9.55 Å². The van der Waals surface area contributed by atoms with Gasteiger partial charge in [0, 0.05) is 12.2 Å². The summed E-state index contributed by atoms with van der Waals surface area (Å²) in [5.41, 5.74) is 9.88. The molecule has 88 valence electrons. The van der Waals surface area contributed by atoms with Gasteiger partial charge in [-0.25, -0.2) is 4.98 Å². The Balaban J connectivity index is 1.92. The van der Waals surface area contributed by atoms with Crippen molar-refractivity contribution in [1.29, 1.82) is 0 Å². The lowest BCUT2D eigenvalue weighted by atomic mass is 9.88. The summed E-state index contributed by atoms with van der Waals surface area (Å²) in [6.45, 7) is 1.99. The normalized spacial score (nSPS) is 19.0. The summed E-state index contributed by atoms with van der Waals surface area (Å²) in [4.78, 5) is 4.28. The monoisotopic (exact) mass is 227 g/mol. The number of nitrogens with two attached hydrogens (primary N) is 1. The van der Waals surface area contributed by atoms with Crippen molar-refractivity contribution in [2.45, 2.75) is 32.2 Å². The fraction of sp³-hybridized carbons (Fsp3) is 0.357. The number of nitrogen functional groups attached to an aromatic ring is 1. The van der Waals surface area contributed by atoms with Crippen molar-refractivity contribution in [2.24, 2.45) is 0 Å². The van der Waals surface area contributed by atoms with Crippen LogP contribution in [0.15, 0.2) is 30.5 Å². The van der Waals surface area contributed by atoms with Crippen molar-refractivity contribution in [3.8, 4) is 0 Å². The fourth-order valence-corrected chi connectivity index (χ4v) is 2.74. The van der Waals surface area contributed by atoms with E-state index in [0.29, 0.717) is 12.0 Å². The summed E-state index contributed by atoms with van der Waals surface area (Å²) in [5.74, 6) is 0.645. The van der Waals surface area contributed by atoms with Crippen molar-refractivity contribution < 1.29 is 0 Å². The molecule has 0 saturated carbocycles. The third-order valence-electron chi connectivity index (χ3n) is 3.60. The fourth-order valence-electron chi connectivity index (χ4n) is 2.74. The van der Waals surface area contributed by atoms with Gasteiger partial charge in [-0.2, -0.15) is 0 Å². The van der Waals surface area contributed by atoms with Gasteiger partial charge in [-0.15, -0.1) is 0 Å². The molecule has 3 heteroatoms. The quantitative estimate of drug-likeness (QED) is 0.813. The molecule has 1 aliphatic rings. The van der Waals surface area contributed by atoms with E-state index in [1.165, 1.54) is 11.1 Å². The van der Waals surface area contributed by atoms with Crippen LogP contribution < -0.4 is 5.73 Å². The topological polar surface area (TPSA) is 43.8 Å². The molecule has 1 atom stereocenters. The first-order chi connectivity index (χ1) is 8.24. The van der Waals surface area contributed by atoms with Gasteiger partial charge < -0.3 is 10.3 Å². The van der Waals surface area contributed by atoms with Gasteiger partial charge in [0.05, 0.1) is 5.69 Å². The van der Waals surface area contributed by atoms with Crippen LogP contribution in [0.5, 0.6) is 0 Å². The Morgan fingerprint density at radius 3 is 2.76 bits per heavy atom. The largest absolute Gasteiger partial charge is 0.369 e. The lowest BCUT2D eigenvalue weighted by molar-refractivity contribution is 0.447. The molecule has 0 spiro atoms.